The maximum Gasteiger partial charge on any atom is 0.0830 e. The van der Waals surface area contributed by atoms with Crippen LogP contribution in [0.15, 0.2) is 24.3 Å². The quantitative estimate of drug-likeness (QED) is 0.767. The molecule has 0 saturated carbocycles. The molecule has 1 saturated heterocycles. The van der Waals surface area contributed by atoms with E-state index in [-0.39, 0.29) is 0 Å². The van der Waals surface area contributed by atoms with Crippen molar-refractivity contribution in [1.29, 1.82) is 0 Å². The third-order valence-corrected chi connectivity index (χ3v) is 3.67. The maximum atomic E-state index is 5.75. The van der Waals surface area contributed by atoms with Crippen LogP contribution in [0.5, 0.6) is 0 Å². The molecule has 0 aliphatic carbocycles. The van der Waals surface area contributed by atoms with Gasteiger partial charge in [0.05, 0.1) is 12.7 Å². The summed E-state index contributed by atoms with van der Waals surface area (Å²) in [6, 6.07) is 8.94. The maximum absolute atomic E-state index is 5.75. The minimum absolute atomic E-state index is 0.328. The number of benzene rings is 1. The Morgan fingerprint density at radius 2 is 2.26 bits per heavy atom. The predicted octanol–water partition coefficient (Wildman–Crippen LogP) is 2.84. The molecule has 0 bridgehead atoms. The minimum atomic E-state index is 0.328. The van der Waals surface area contributed by atoms with E-state index in [0.29, 0.717) is 12.1 Å². The van der Waals surface area contributed by atoms with Gasteiger partial charge in [-0.25, -0.2) is 0 Å². The van der Waals surface area contributed by atoms with E-state index in [2.05, 4.69) is 43.4 Å². The fraction of sp³-hybridized carbons (Fsp3) is 0.625. The summed E-state index contributed by atoms with van der Waals surface area (Å²) in [5.74, 6) is 0. The molecule has 106 valence electrons. The van der Waals surface area contributed by atoms with E-state index >= 15 is 0 Å². The lowest BCUT2D eigenvalue weighted by Crippen LogP contribution is -2.22. The van der Waals surface area contributed by atoms with Gasteiger partial charge in [-0.05, 0) is 44.4 Å². The Labute approximate surface area is 116 Å². The lowest BCUT2D eigenvalue weighted by Gasteiger charge is -2.17. The minimum Gasteiger partial charge on any atom is -0.379 e. The molecule has 1 aliphatic rings. The number of aryl methyl sites for hydroxylation is 1. The van der Waals surface area contributed by atoms with Crippen molar-refractivity contribution in [2.24, 2.45) is 0 Å². The Morgan fingerprint density at radius 1 is 1.42 bits per heavy atom. The molecular weight excluding hydrogens is 238 g/mol. The molecule has 3 nitrogen and oxygen atoms in total. The van der Waals surface area contributed by atoms with Gasteiger partial charge < -0.3 is 14.8 Å². The molecular formula is C16H25NO2. The highest BCUT2D eigenvalue weighted by atomic mass is 16.5. The third kappa shape index (κ3) is 4.60. The highest BCUT2D eigenvalue weighted by Gasteiger charge is 2.15. The van der Waals surface area contributed by atoms with Crippen molar-refractivity contribution in [1.82, 2.24) is 5.32 Å². The lowest BCUT2D eigenvalue weighted by atomic mass is 10.0. The smallest absolute Gasteiger partial charge is 0.0830 e. The van der Waals surface area contributed by atoms with E-state index in [1.54, 1.807) is 0 Å². The fourth-order valence-corrected chi connectivity index (χ4v) is 2.47. The molecule has 2 atom stereocenters. The van der Waals surface area contributed by atoms with Crippen LogP contribution in [0.4, 0.5) is 0 Å². The second kappa shape index (κ2) is 7.63. The average Bonchev–Trinajstić information content (AvgIpc) is 2.92. The van der Waals surface area contributed by atoms with Crippen LogP contribution in [-0.2, 0) is 9.47 Å². The van der Waals surface area contributed by atoms with Gasteiger partial charge in [0.1, 0.15) is 0 Å². The summed E-state index contributed by atoms with van der Waals surface area (Å²) < 4.78 is 11.0. The van der Waals surface area contributed by atoms with E-state index in [9.17, 15) is 0 Å². The van der Waals surface area contributed by atoms with Crippen molar-refractivity contribution >= 4 is 0 Å². The molecule has 19 heavy (non-hydrogen) atoms. The van der Waals surface area contributed by atoms with Crippen LogP contribution >= 0.6 is 0 Å². The second-order valence-electron chi connectivity index (χ2n) is 5.24. The number of ether oxygens (including phenoxy) is 2. The second-order valence-corrected chi connectivity index (χ2v) is 5.24. The van der Waals surface area contributed by atoms with Gasteiger partial charge in [-0.2, -0.15) is 0 Å². The summed E-state index contributed by atoms with van der Waals surface area (Å²) in [4.78, 5) is 0. The average molecular weight is 263 g/mol. The Balaban J connectivity index is 1.61. The molecule has 1 aliphatic heterocycles. The molecule has 0 amide bonds. The molecule has 1 N–H and O–H groups in total. The van der Waals surface area contributed by atoms with Gasteiger partial charge in [0.25, 0.3) is 0 Å². The summed E-state index contributed by atoms with van der Waals surface area (Å²) in [5, 5.41) is 3.55. The Bertz CT molecular complexity index is 375. The van der Waals surface area contributed by atoms with Crippen molar-refractivity contribution < 1.29 is 9.47 Å². The van der Waals surface area contributed by atoms with Gasteiger partial charge in [0.15, 0.2) is 0 Å². The first-order valence-electron chi connectivity index (χ1n) is 7.25. The molecule has 2 rings (SSSR count). The van der Waals surface area contributed by atoms with Gasteiger partial charge in [-0.3, -0.25) is 0 Å². The van der Waals surface area contributed by atoms with Crippen LogP contribution in [-0.4, -0.2) is 32.5 Å². The Kier molecular flexibility index (Phi) is 5.83. The van der Waals surface area contributed by atoms with Crippen LogP contribution in [0.25, 0.3) is 0 Å². The van der Waals surface area contributed by atoms with Crippen LogP contribution in [0.2, 0.25) is 0 Å². The Morgan fingerprint density at radius 3 is 3.00 bits per heavy atom. The predicted molar refractivity (Wildman–Crippen MR) is 77.4 cm³/mol. The zero-order valence-corrected chi connectivity index (χ0v) is 12.0. The summed E-state index contributed by atoms with van der Waals surface area (Å²) in [5.41, 5.74) is 2.73. The number of nitrogens with one attached hydrogen (secondary N) is 1. The molecule has 0 aromatic heterocycles. The summed E-state index contributed by atoms with van der Waals surface area (Å²) in [6.07, 6.45) is 2.42. The number of rotatable bonds is 7. The molecule has 1 heterocycles. The van der Waals surface area contributed by atoms with Gasteiger partial charge in [-0.1, -0.05) is 24.3 Å². The molecule has 0 unspecified atom stereocenters. The fourth-order valence-electron chi connectivity index (χ4n) is 2.47. The van der Waals surface area contributed by atoms with Crippen molar-refractivity contribution in [3.8, 4) is 0 Å². The van der Waals surface area contributed by atoms with E-state index in [4.69, 9.17) is 9.47 Å². The van der Waals surface area contributed by atoms with E-state index < -0.39 is 0 Å². The van der Waals surface area contributed by atoms with E-state index in [0.717, 1.165) is 39.2 Å². The molecule has 3 heteroatoms. The van der Waals surface area contributed by atoms with Gasteiger partial charge in [-0.15, -0.1) is 0 Å². The topological polar surface area (TPSA) is 30.5 Å². The van der Waals surface area contributed by atoms with Gasteiger partial charge >= 0.3 is 0 Å². The first-order valence-corrected chi connectivity index (χ1v) is 7.25. The summed E-state index contributed by atoms with van der Waals surface area (Å²) in [7, 11) is 0. The van der Waals surface area contributed by atoms with Crippen LogP contribution in [0.1, 0.15) is 36.9 Å². The zero-order valence-electron chi connectivity index (χ0n) is 12.0. The van der Waals surface area contributed by atoms with Crippen molar-refractivity contribution in [2.45, 2.75) is 38.8 Å². The molecule has 0 radical (unpaired) electrons. The first kappa shape index (κ1) is 14.5. The van der Waals surface area contributed by atoms with Crippen LogP contribution < -0.4 is 5.32 Å². The third-order valence-electron chi connectivity index (χ3n) is 3.67. The largest absolute Gasteiger partial charge is 0.379 e. The molecule has 1 aromatic rings. The standard InChI is InChI=1S/C16H25NO2/c1-13-6-3-4-7-16(13)14(2)17-9-5-10-19-15-8-11-18-12-15/h3-4,6-7,14-15,17H,5,8-12H2,1-2H3/t14-,15+/m0/s1. The number of hydrogen-bond donors (Lipinski definition) is 1. The van der Waals surface area contributed by atoms with Gasteiger partial charge in [0, 0.05) is 19.3 Å². The lowest BCUT2D eigenvalue weighted by molar-refractivity contribution is 0.0414. The van der Waals surface area contributed by atoms with Crippen molar-refractivity contribution in [3.05, 3.63) is 35.4 Å². The molecule has 1 aromatic carbocycles. The highest BCUT2D eigenvalue weighted by molar-refractivity contribution is 5.28. The molecule has 1 fully saturated rings. The summed E-state index contributed by atoms with van der Waals surface area (Å²) >= 11 is 0. The summed E-state index contributed by atoms with van der Waals surface area (Å²) in [6.45, 7) is 7.82. The van der Waals surface area contributed by atoms with Crippen molar-refractivity contribution in [2.75, 3.05) is 26.4 Å². The van der Waals surface area contributed by atoms with Crippen LogP contribution in [0, 0.1) is 6.92 Å². The monoisotopic (exact) mass is 263 g/mol. The SMILES string of the molecule is Cc1ccccc1[C@H](C)NCCCO[C@@H]1CCOC1. The van der Waals surface area contributed by atoms with E-state index in [1.165, 1.54) is 11.1 Å². The highest BCUT2D eigenvalue weighted by Crippen LogP contribution is 2.16. The van der Waals surface area contributed by atoms with E-state index in [1.807, 2.05) is 0 Å². The van der Waals surface area contributed by atoms with Crippen LogP contribution in [0.3, 0.4) is 0 Å². The molecule has 0 spiro atoms. The number of hydrogen-bond acceptors (Lipinski definition) is 3. The van der Waals surface area contributed by atoms with Crippen molar-refractivity contribution in [3.63, 3.8) is 0 Å². The van der Waals surface area contributed by atoms with Gasteiger partial charge in [0.2, 0.25) is 0 Å². The first-order chi connectivity index (χ1) is 9.27. The zero-order chi connectivity index (χ0) is 13.5. The normalized spacial score (nSPS) is 20.6. The Hall–Kier alpha value is -0.900.